The molecule has 4 rings (SSSR count). The Morgan fingerprint density at radius 1 is 1.17 bits per heavy atom. The normalized spacial score (nSPS) is 13.5. The minimum atomic E-state index is -3.31. The van der Waals surface area contributed by atoms with Crippen molar-refractivity contribution in [2.75, 3.05) is 16.6 Å². The van der Waals surface area contributed by atoms with Crippen molar-refractivity contribution in [3.8, 4) is 11.4 Å². The molecule has 0 unspecified atom stereocenters. The second-order valence-electron chi connectivity index (χ2n) is 6.64. The summed E-state index contributed by atoms with van der Waals surface area (Å²) in [6.07, 6.45) is 0.588. The molecule has 0 bridgehead atoms. The highest BCUT2D eigenvalue weighted by Gasteiger charge is 2.28. The molecule has 0 atom stereocenters. The largest absolute Gasteiger partial charge is 0.292 e. The van der Waals surface area contributed by atoms with Gasteiger partial charge < -0.3 is 0 Å². The summed E-state index contributed by atoms with van der Waals surface area (Å²) in [6.45, 7) is 1.99. The van der Waals surface area contributed by atoms with Crippen molar-refractivity contribution in [2.24, 2.45) is 0 Å². The molecule has 1 aliphatic heterocycles. The number of tetrazole rings is 1. The van der Waals surface area contributed by atoms with E-state index < -0.39 is 10.0 Å². The fourth-order valence-electron chi connectivity index (χ4n) is 3.23. The van der Waals surface area contributed by atoms with Crippen molar-refractivity contribution in [1.29, 1.82) is 0 Å². The highest BCUT2D eigenvalue weighted by Crippen LogP contribution is 2.31. The lowest BCUT2D eigenvalue weighted by molar-refractivity contribution is 0.0961. The number of carbonyl (C=O) groups is 1. The van der Waals surface area contributed by atoms with Crippen LogP contribution in [-0.2, 0) is 23.0 Å². The zero-order valence-electron chi connectivity index (χ0n) is 15.6. The fourth-order valence-corrected chi connectivity index (χ4v) is 4.66. The van der Waals surface area contributed by atoms with E-state index in [0.717, 1.165) is 15.6 Å². The monoisotopic (exact) mass is 475 g/mol. The van der Waals surface area contributed by atoms with Gasteiger partial charge in [0.25, 0.3) is 0 Å². The fraction of sp³-hybridized carbons (Fsp3) is 0.263. The van der Waals surface area contributed by atoms with E-state index >= 15 is 0 Å². The SMILES string of the molecule is CCS(=O)(=O)N1CCc2cc(C(=O)Cn3nnc(-c4ccc(Br)cc4)n3)ccc21. The number of benzene rings is 2. The maximum Gasteiger partial charge on any atom is 0.234 e. The Morgan fingerprint density at radius 2 is 1.93 bits per heavy atom. The lowest BCUT2D eigenvalue weighted by atomic mass is 10.1. The average molecular weight is 476 g/mol. The molecule has 0 aliphatic carbocycles. The molecular weight excluding hydrogens is 458 g/mol. The lowest BCUT2D eigenvalue weighted by Gasteiger charge is -2.18. The number of rotatable bonds is 6. The molecule has 0 amide bonds. The molecular formula is C19H18BrN5O3S. The standard InChI is InChI=1S/C19H18BrN5O3S/c1-2-29(27,28)24-10-9-14-11-15(5-8-17(14)24)18(26)12-25-22-19(21-23-25)13-3-6-16(20)7-4-13/h3-8,11H,2,9-10,12H2,1H3. The smallest absolute Gasteiger partial charge is 0.234 e. The molecule has 0 radical (unpaired) electrons. The van der Waals surface area contributed by atoms with Crippen LogP contribution in [0.5, 0.6) is 0 Å². The molecule has 0 N–H and O–H groups in total. The molecule has 0 saturated carbocycles. The Morgan fingerprint density at radius 3 is 2.66 bits per heavy atom. The number of carbonyl (C=O) groups excluding carboxylic acids is 1. The van der Waals surface area contributed by atoms with Crippen molar-refractivity contribution in [3.05, 3.63) is 58.1 Å². The highest BCUT2D eigenvalue weighted by molar-refractivity contribution is 9.10. The van der Waals surface area contributed by atoms with Crippen molar-refractivity contribution >= 4 is 37.4 Å². The second kappa shape index (κ2) is 7.68. The van der Waals surface area contributed by atoms with E-state index in [1.54, 1.807) is 25.1 Å². The van der Waals surface area contributed by atoms with Crippen LogP contribution >= 0.6 is 15.9 Å². The number of aromatic nitrogens is 4. The second-order valence-corrected chi connectivity index (χ2v) is 9.74. The summed E-state index contributed by atoms with van der Waals surface area (Å²) in [5, 5.41) is 12.2. The Bertz CT molecular complexity index is 1170. The van der Waals surface area contributed by atoms with Gasteiger partial charge in [0.1, 0.15) is 6.54 Å². The van der Waals surface area contributed by atoms with Crippen LogP contribution in [-0.4, -0.2) is 46.7 Å². The van der Waals surface area contributed by atoms with Crippen LogP contribution in [0.25, 0.3) is 11.4 Å². The third kappa shape index (κ3) is 3.95. The van der Waals surface area contributed by atoms with Gasteiger partial charge in [0, 0.05) is 22.1 Å². The van der Waals surface area contributed by atoms with Crippen LogP contribution in [0.3, 0.4) is 0 Å². The van der Waals surface area contributed by atoms with Crippen molar-refractivity contribution in [2.45, 2.75) is 19.9 Å². The van der Waals surface area contributed by atoms with Gasteiger partial charge in [-0.25, -0.2) is 8.42 Å². The van der Waals surface area contributed by atoms with Gasteiger partial charge in [-0.2, -0.15) is 4.80 Å². The summed E-state index contributed by atoms with van der Waals surface area (Å²) in [4.78, 5) is 13.9. The van der Waals surface area contributed by atoms with Crippen LogP contribution in [0, 0.1) is 0 Å². The summed E-state index contributed by atoms with van der Waals surface area (Å²) in [5.41, 5.74) is 2.82. The predicted octanol–water partition coefficient (Wildman–Crippen LogP) is 2.70. The summed E-state index contributed by atoms with van der Waals surface area (Å²) in [6, 6.07) is 12.6. The molecule has 2 aromatic carbocycles. The molecule has 8 nitrogen and oxygen atoms in total. The van der Waals surface area contributed by atoms with E-state index in [1.807, 2.05) is 24.3 Å². The first-order chi connectivity index (χ1) is 13.9. The van der Waals surface area contributed by atoms with Crippen molar-refractivity contribution in [1.82, 2.24) is 20.2 Å². The number of anilines is 1. The predicted molar refractivity (Wildman–Crippen MR) is 112 cm³/mol. The molecule has 10 heteroatoms. The van der Waals surface area contributed by atoms with E-state index in [1.165, 1.54) is 9.10 Å². The lowest BCUT2D eigenvalue weighted by Crippen LogP contribution is -2.30. The van der Waals surface area contributed by atoms with E-state index in [9.17, 15) is 13.2 Å². The Labute approximate surface area is 176 Å². The maximum absolute atomic E-state index is 12.7. The topological polar surface area (TPSA) is 98.1 Å². The molecule has 1 aromatic heterocycles. The number of hydrogen-bond acceptors (Lipinski definition) is 6. The van der Waals surface area contributed by atoms with Gasteiger partial charge in [-0.05, 0) is 66.6 Å². The average Bonchev–Trinajstić information content (AvgIpc) is 3.35. The quantitative estimate of drug-likeness (QED) is 0.508. The number of halogens is 1. The summed E-state index contributed by atoms with van der Waals surface area (Å²) in [5.74, 6) is 0.329. The van der Waals surface area contributed by atoms with E-state index in [4.69, 9.17) is 0 Å². The Balaban J connectivity index is 1.51. The van der Waals surface area contributed by atoms with Crippen LogP contribution in [0.4, 0.5) is 5.69 Å². The summed E-state index contributed by atoms with van der Waals surface area (Å²) in [7, 11) is -3.31. The van der Waals surface area contributed by atoms with Crippen LogP contribution < -0.4 is 4.31 Å². The first-order valence-electron chi connectivity index (χ1n) is 9.07. The van der Waals surface area contributed by atoms with Gasteiger partial charge in [0.2, 0.25) is 15.8 Å². The molecule has 0 saturated heterocycles. The number of sulfonamides is 1. The van der Waals surface area contributed by atoms with Crippen molar-refractivity contribution in [3.63, 3.8) is 0 Å². The van der Waals surface area contributed by atoms with Gasteiger partial charge in [0.15, 0.2) is 5.78 Å². The number of hydrogen-bond donors (Lipinski definition) is 0. The summed E-state index contributed by atoms with van der Waals surface area (Å²) >= 11 is 3.38. The zero-order valence-corrected chi connectivity index (χ0v) is 18.0. The minimum Gasteiger partial charge on any atom is -0.292 e. The first kappa shape index (κ1) is 19.7. The number of Topliss-reactive ketones (excluding diaryl/α,β-unsaturated/α-hetero) is 1. The van der Waals surface area contributed by atoms with E-state index in [2.05, 4.69) is 31.3 Å². The number of fused-ring (bicyclic) bond motifs is 1. The molecule has 2 heterocycles. The van der Waals surface area contributed by atoms with Gasteiger partial charge in [-0.3, -0.25) is 9.10 Å². The molecule has 1 aliphatic rings. The van der Waals surface area contributed by atoms with E-state index in [-0.39, 0.29) is 18.1 Å². The van der Waals surface area contributed by atoms with Crippen LogP contribution in [0.15, 0.2) is 46.9 Å². The van der Waals surface area contributed by atoms with Gasteiger partial charge in [0.05, 0.1) is 11.4 Å². The van der Waals surface area contributed by atoms with Gasteiger partial charge in [-0.15, -0.1) is 10.2 Å². The van der Waals surface area contributed by atoms with Crippen LogP contribution in [0.1, 0.15) is 22.8 Å². The summed E-state index contributed by atoms with van der Waals surface area (Å²) < 4.78 is 26.8. The van der Waals surface area contributed by atoms with Gasteiger partial charge >= 0.3 is 0 Å². The molecule has 0 fully saturated rings. The minimum absolute atomic E-state index is 0.0424. The maximum atomic E-state index is 12.7. The molecule has 150 valence electrons. The molecule has 3 aromatic rings. The Hall–Kier alpha value is -2.59. The number of ketones is 1. The van der Waals surface area contributed by atoms with Gasteiger partial charge in [-0.1, -0.05) is 15.9 Å². The first-order valence-corrected chi connectivity index (χ1v) is 11.5. The van der Waals surface area contributed by atoms with Crippen molar-refractivity contribution < 1.29 is 13.2 Å². The highest BCUT2D eigenvalue weighted by atomic mass is 79.9. The zero-order chi connectivity index (χ0) is 20.6. The molecule has 29 heavy (non-hydrogen) atoms. The number of nitrogens with zero attached hydrogens (tertiary/aromatic N) is 5. The van der Waals surface area contributed by atoms with Crippen LogP contribution in [0.2, 0.25) is 0 Å². The Kier molecular flexibility index (Phi) is 5.22. The molecule has 0 spiro atoms. The third-order valence-electron chi connectivity index (χ3n) is 4.80. The third-order valence-corrected chi connectivity index (χ3v) is 7.10. The van der Waals surface area contributed by atoms with E-state index in [0.29, 0.717) is 30.0 Å².